The highest BCUT2D eigenvalue weighted by atomic mass is 35.5. The lowest BCUT2D eigenvalue weighted by molar-refractivity contribution is 1.66. The third kappa shape index (κ3) is 4.37. The van der Waals surface area contributed by atoms with E-state index < -0.39 is 0 Å². The lowest BCUT2D eigenvalue weighted by atomic mass is 10.2. The molecule has 68 valence electrons. The summed E-state index contributed by atoms with van der Waals surface area (Å²) in [6, 6.07) is 7.48. The molecule has 0 heterocycles. The van der Waals surface area contributed by atoms with Gasteiger partial charge in [-0.2, -0.15) is 0 Å². The Morgan fingerprint density at radius 3 is 2.23 bits per heavy atom. The highest BCUT2D eigenvalue weighted by Crippen LogP contribution is 2.11. The quantitative estimate of drug-likeness (QED) is 0.651. The fourth-order valence-corrected chi connectivity index (χ4v) is 1.08. The van der Waals surface area contributed by atoms with Crippen LogP contribution >= 0.6 is 34.8 Å². The Kier molecular flexibility index (Phi) is 4.37. The van der Waals surface area contributed by atoms with Crippen molar-refractivity contribution in [3.63, 3.8) is 0 Å². The van der Waals surface area contributed by atoms with Crippen LogP contribution in [0.15, 0.2) is 40.9 Å². The molecule has 0 saturated carbocycles. The molecule has 0 atom stereocenters. The molecule has 0 aliphatic rings. The van der Waals surface area contributed by atoms with Crippen molar-refractivity contribution in [2.24, 2.45) is 0 Å². The van der Waals surface area contributed by atoms with E-state index in [0.29, 0.717) is 0 Å². The fourth-order valence-electron chi connectivity index (χ4n) is 0.806. The second-order valence-electron chi connectivity index (χ2n) is 2.37. The van der Waals surface area contributed by atoms with Crippen molar-refractivity contribution >= 4 is 40.9 Å². The normalized spacial score (nSPS) is 10.4. The minimum Gasteiger partial charge on any atom is -0.0843 e. The molecule has 0 nitrogen and oxygen atoms in total. The summed E-state index contributed by atoms with van der Waals surface area (Å²) in [5.74, 6) is 0. The average Bonchev–Trinajstić information content (AvgIpc) is 2.08. The molecule has 1 aromatic carbocycles. The number of hydrogen-bond acceptors (Lipinski definition) is 0. The molecule has 0 aliphatic carbocycles. The van der Waals surface area contributed by atoms with Crippen LogP contribution in [-0.2, 0) is 0 Å². The van der Waals surface area contributed by atoms with Crippen molar-refractivity contribution in [2.75, 3.05) is 0 Å². The van der Waals surface area contributed by atoms with Gasteiger partial charge in [0, 0.05) is 5.02 Å². The predicted molar refractivity (Wildman–Crippen MR) is 60.3 cm³/mol. The lowest BCUT2D eigenvalue weighted by Crippen LogP contribution is -1.69. The van der Waals surface area contributed by atoms with Gasteiger partial charge in [0.25, 0.3) is 0 Å². The fraction of sp³-hybridized carbons (Fsp3) is 0. The Morgan fingerprint density at radius 2 is 1.69 bits per heavy atom. The van der Waals surface area contributed by atoms with Crippen LogP contribution in [0.2, 0.25) is 5.02 Å². The topological polar surface area (TPSA) is 0 Å². The van der Waals surface area contributed by atoms with Gasteiger partial charge in [-0.1, -0.05) is 59.1 Å². The first-order chi connectivity index (χ1) is 6.18. The highest BCUT2D eigenvalue weighted by molar-refractivity contribution is 6.56. The van der Waals surface area contributed by atoms with Crippen molar-refractivity contribution in [2.45, 2.75) is 0 Å². The summed E-state index contributed by atoms with van der Waals surface area (Å²) in [5.41, 5.74) is 1.05. The standard InChI is InChI=1S/C10H7Cl3/c11-9-6-4-8(5-7-9)2-1-3-10(12)13/h1-7H/b2-1-. The van der Waals surface area contributed by atoms with Crippen LogP contribution < -0.4 is 0 Å². The maximum atomic E-state index is 5.72. The van der Waals surface area contributed by atoms with E-state index in [1.165, 1.54) is 0 Å². The van der Waals surface area contributed by atoms with Crippen molar-refractivity contribution in [3.8, 4) is 0 Å². The molecule has 0 aliphatic heterocycles. The summed E-state index contributed by atoms with van der Waals surface area (Å²) in [7, 11) is 0. The molecule has 1 rings (SSSR count). The zero-order chi connectivity index (χ0) is 9.68. The Labute approximate surface area is 92.4 Å². The Bertz CT molecular complexity index is 319. The maximum Gasteiger partial charge on any atom is 0.106 e. The van der Waals surface area contributed by atoms with Crippen LogP contribution in [-0.4, -0.2) is 0 Å². The first kappa shape index (κ1) is 10.6. The van der Waals surface area contributed by atoms with Gasteiger partial charge in [-0.25, -0.2) is 0 Å². The Hall–Kier alpha value is -0.430. The Balaban J connectivity index is 2.70. The van der Waals surface area contributed by atoms with Crippen molar-refractivity contribution in [1.29, 1.82) is 0 Å². The lowest BCUT2D eigenvalue weighted by Gasteiger charge is -1.91. The van der Waals surface area contributed by atoms with Gasteiger partial charge in [-0.05, 0) is 23.8 Å². The minimum absolute atomic E-state index is 0.241. The van der Waals surface area contributed by atoms with Crippen LogP contribution in [0.1, 0.15) is 5.56 Å². The van der Waals surface area contributed by atoms with Gasteiger partial charge in [0.1, 0.15) is 4.49 Å². The van der Waals surface area contributed by atoms with Crippen LogP contribution in [0.4, 0.5) is 0 Å². The van der Waals surface area contributed by atoms with Crippen molar-refractivity contribution in [3.05, 3.63) is 51.5 Å². The molecule has 1 aromatic rings. The first-order valence-corrected chi connectivity index (χ1v) is 4.77. The van der Waals surface area contributed by atoms with E-state index in [-0.39, 0.29) is 4.49 Å². The summed E-state index contributed by atoms with van der Waals surface area (Å²) in [6.45, 7) is 0. The zero-order valence-corrected chi connectivity index (χ0v) is 8.94. The van der Waals surface area contributed by atoms with E-state index in [9.17, 15) is 0 Å². The van der Waals surface area contributed by atoms with Gasteiger partial charge in [-0.3, -0.25) is 0 Å². The summed E-state index contributed by atoms with van der Waals surface area (Å²) < 4.78 is 0.241. The number of halogens is 3. The number of allylic oxidation sites excluding steroid dienone is 2. The SMILES string of the molecule is ClC(Cl)=C/C=C\c1ccc(Cl)cc1. The van der Waals surface area contributed by atoms with Gasteiger partial charge < -0.3 is 0 Å². The molecule has 0 bridgehead atoms. The van der Waals surface area contributed by atoms with Crippen molar-refractivity contribution in [1.82, 2.24) is 0 Å². The molecule has 0 saturated heterocycles. The van der Waals surface area contributed by atoms with Gasteiger partial charge in [0.15, 0.2) is 0 Å². The molecular weight excluding hydrogens is 226 g/mol. The third-order valence-electron chi connectivity index (χ3n) is 1.38. The van der Waals surface area contributed by atoms with Crippen LogP contribution in [0.25, 0.3) is 6.08 Å². The second kappa shape index (κ2) is 5.33. The highest BCUT2D eigenvalue weighted by Gasteiger charge is 1.86. The monoisotopic (exact) mass is 232 g/mol. The number of rotatable bonds is 2. The van der Waals surface area contributed by atoms with E-state index >= 15 is 0 Å². The third-order valence-corrected chi connectivity index (χ3v) is 1.88. The molecule has 0 fully saturated rings. The maximum absolute atomic E-state index is 5.72. The molecule has 0 spiro atoms. The number of hydrogen-bond donors (Lipinski definition) is 0. The molecular formula is C10H7Cl3. The predicted octanol–water partition coefficient (Wildman–Crippen LogP) is 4.67. The van der Waals surface area contributed by atoms with E-state index in [0.717, 1.165) is 10.6 Å². The molecule has 0 aromatic heterocycles. The van der Waals surface area contributed by atoms with E-state index in [2.05, 4.69) is 0 Å². The summed E-state index contributed by atoms with van der Waals surface area (Å²) in [4.78, 5) is 0. The van der Waals surface area contributed by atoms with E-state index in [4.69, 9.17) is 34.8 Å². The summed E-state index contributed by atoms with van der Waals surface area (Å²) in [6.07, 6.45) is 5.28. The molecule has 0 radical (unpaired) electrons. The van der Waals surface area contributed by atoms with Crippen LogP contribution in [0.5, 0.6) is 0 Å². The zero-order valence-electron chi connectivity index (χ0n) is 6.68. The van der Waals surface area contributed by atoms with Crippen LogP contribution in [0.3, 0.4) is 0 Å². The smallest absolute Gasteiger partial charge is 0.0843 e. The van der Waals surface area contributed by atoms with E-state index in [1.54, 1.807) is 12.2 Å². The van der Waals surface area contributed by atoms with Gasteiger partial charge >= 0.3 is 0 Å². The van der Waals surface area contributed by atoms with E-state index in [1.807, 2.05) is 30.3 Å². The molecule has 0 unspecified atom stereocenters. The summed E-state index contributed by atoms with van der Waals surface area (Å²) >= 11 is 16.6. The first-order valence-electron chi connectivity index (χ1n) is 3.63. The average molecular weight is 234 g/mol. The molecule has 3 heteroatoms. The van der Waals surface area contributed by atoms with Gasteiger partial charge in [0.2, 0.25) is 0 Å². The van der Waals surface area contributed by atoms with Crippen molar-refractivity contribution < 1.29 is 0 Å². The largest absolute Gasteiger partial charge is 0.106 e. The summed E-state index contributed by atoms with van der Waals surface area (Å²) in [5, 5.41) is 0.725. The number of benzene rings is 1. The second-order valence-corrected chi connectivity index (χ2v) is 3.81. The molecule has 0 amide bonds. The molecule has 13 heavy (non-hydrogen) atoms. The van der Waals surface area contributed by atoms with Gasteiger partial charge in [-0.15, -0.1) is 0 Å². The molecule has 0 N–H and O–H groups in total. The Morgan fingerprint density at radius 1 is 1.08 bits per heavy atom. The van der Waals surface area contributed by atoms with Gasteiger partial charge in [0.05, 0.1) is 0 Å². The minimum atomic E-state index is 0.241. The van der Waals surface area contributed by atoms with Crippen LogP contribution in [0, 0.1) is 0 Å².